The van der Waals surface area contributed by atoms with Crippen molar-refractivity contribution >= 4 is 5.69 Å². The van der Waals surface area contributed by atoms with Crippen molar-refractivity contribution in [3.63, 3.8) is 0 Å². The lowest BCUT2D eigenvalue weighted by Crippen LogP contribution is -2.22. The summed E-state index contributed by atoms with van der Waals surface area (Å²) in [5.41, 5.74) is 0.767. The lowest BCUT2D eigenvalue weighted by Gasteiger charge is -2.20. The highest BCUT2D eigenvalue weighted by Crippen LogP contribution is 2.33. The van der Waals surface area contributed by atoms with Crippen molar-refractivity contribution in [2.45, 2.75) is 38.8 Å². The molecule has 0 unspecified atom stereocenters. The third kappa shape index (κ3) is 2.99. The third-order valence-corrected chi connectivity index (χ3v) is 3.28. The van der Waals surface area contributed by atoms with Crippen molar-refractivity contribution in [3.8, 4) is 0 Å². The van der Waals surface area contributed by atoms with Crippen LogP contribution in [0.15, 0.2) is 12.1 Å². The van der Waals surface area contributed by atoms with E-state index >= 15 is 0 Å². The van der Waals surface area contributed by atoms with Crippen LogP contribution in [-0.4, -0.2) is 19.6 Å². The van der Waals surface area contributed by atoms with Crippen molar-refractivity contribution in [1.82, 2.24) is 5.32 Å². The SMILES string of the molecule is CCCNCc1cc(F)c(N(C)C2CC2)c(F)c1. The average molecular weight is 254 g/mol. The van der Waals surface area contributed by atoms with E-state index in [4.69, 9.17) is 0 Å². The molecular weight excluding hydrogens is 234 g/mol. The largest absolute Gasteiger partial charge is 0.367 e. The Labute approximate surface area is 107 Å². The van der Waals surface area contributed by atoms with Gasteiger partial charge in [0.05, 0.1) is 0 Å². The second-order valence-corrected chi connectivity index (χ2v) is 4.93. The predicted octanol–water partition coefficient (Wildman–Crippen LogP) is 3.06. The Bertz CT molecular complexity index is 393. The van der Waals surface area contributed by atoms with E-state index in [1.165, 1.54) is 12.1 Å². The maximum atomic E-state index is 13.9. The Morgan fingerprint density at radius 3 is 2.39 bits per heavy atom. The summed E-state index contributed by atoms with van der Waals surface area (Å²) in [6.07, 6.45) is 3.05. The highest BCUT2D eigenvalue weighted by Gasteiger charge is 2.29. The van der Waals surface area contributed by atoms with E-state index in [1.807, 2.05) is 0 Å². The van der Waals surface area contributed by atoms with Gasteiger partial charge in [-0.15, -0.1) is 0 Å². The molecule has 0 saturated heterocycles. The van der Waals surface area contributed by atoms with E-state index in [0.717, 1.165) is 25.8 Å². The molecule has 0 radical (unpaired) electrons. The van der Waals surface area contributed by atoms with Crippen LogP contribution in [0.5, 0.6) is 0 Å². The van der Waals surface area contributed by atoms with Crippen molar-refractivity contribution < 1.29 is 8.78 Å². The molecule has 0 heterocycles. The highest BCUT2D eigenvalue weighted by atomic mass is 19.1. The molecule has 1 saturated carbocycles. The summed E-state index contributed by atoms with van der Waals surface area (Å²) in [5.74, 6) is -0.921. The van der Waals surface area contributed by atoms with Gasteiger partial charge >= 0.3 is 0 Å². The zero-order valence-electron chi connectivity index (χ0n) is 11.0. The molecule has 1 N–H and O–H groups in total. The van der Waals surface area contributed by atoms with Gasteiger partial charge in [0, 0.05) is 19.6 Å². The first kappa shape index (κ1) is 13.3. The number of hydrogen-bond donors (Lipinski definition) is 1. The first-order chi connectivity index (χ1) is 8.63. The summed E-state index contributed by atoms with van der Waals surface area (Å²) < 4.78 is 27.9. The average Bonchev–Trinajstić information content (AvgIpc) is 3.12. The van der Waals surface area contributed by atoms with Crippen LogP contribution in [0, 0.1) is 11.6 Å². The minimum Gasteiger partial charge on any atom is -0.367 e. The number of anilines is 1. The van der Waals surface area contributed by atoms with E-state index in [9.17, 15) is 8.78 Å². The molecule has 4 heteroatoms. The van der Waals surface area contributed by atoms with Crippen molar-refractivity contribution in [2.24, 2.45) is 0 Å². The van der Waals surface area contributed by atoms with Gasteiger partial charge in [0.2, 0.25) is 0 Å². The third-order valence-electron chi connectivity index (χ3n) is 3.28. The molecule has 0 spiro atoms. The van der Waals surface area contributed by atoms with E-state index < -0.39 is 11.6 Å². The predicted molar refractivity (Wildman–Crippen MR) is 69.8 cm³/mol. The number of nitrogens with one attached hydrogen (secondary N) is 1. The number of nitrogens with zero attached hydrogens (tertiary/aromatic N) is 1. The highest BCUT2D eigenvalue weighted by molar-refractivity contribution is 5.51. The minimum absolute atomic E-state index is 0.108. The van der Waals surface area contributed by atoms with Gasteiger partial charge in [-0.05, 0) is 43.5 Å². The molecule has 1 aromatic carbocycles. The quantitative estimate of drug-likeness (QED) is 0.785. The number of rotatable bonds is 6. The van der Waals surface area contributed by atoms with Crippen molar-refractivity contribution in [1.29, 1.82) is 0 Å². The fourth-order valence-electron chi connectivity index (χ4n) is 2.11. The molecule has 0 bridgehead atoms. The van der Waals surface area contributed by atoms with Gasteiger partial charge in [-0.3, -0.25) is 0 Å². The molecule has 0 atom stereocenters. The van der Waals surface area contributed by atoms with Gasteiger partial charge in [0.15, 0.2) is 0 Å². The van der Waals surface area contributed by atoms with E-state index in [0.29, 0.717) is 18.2 Å². The van der Waals surface area contributed by atoms with Crippen LogP contribution in [-0.2, 0) is 6.54 Å². The topological polar surface area (TPSA) is 15.3 Å². The monoisotopic (exact) mass is 254 g/mol. The summed E-state index contributed by atoms with van der Waals surface area (Å²) in [7, 11) is 1.76. The molecule has 0 aliphatic heterocycles. The summed E-state index contributed by atoms with van der Waals surface area (Å²) in [5, 5.41) is 3.14. The summed E-state index contributed by atoms with van der Waals surface area (Å²) in [4.78, 5) is 1.72. The normalized spacial score (nSPS) is 14.9. The fourth-order valence-corrected chi connectivity index (χ4v) is 2.11. The van der Waals surface area contributed by atoms with Gasteiger partial charge in [-0.1, -0.05) is 6.92 Å². The maximum absolute atomic E-state index is 13.9. The van der Waals surface area contributed by atoms with E-state index in [-0.39, 0.29) is 5.69 Å². The van der Waals surface area contributed by atoms with Crippen LogP contribution < -0.4 is 10.2 Å². The lowest BCUT2D eigenvalue weighted by atomic mass is 10.1. The second kappa shape index (κ2) is 5.65. The molecule has 18 heavy (non-hydrogen) atoms. The minimum atomic E-state index is -0.460. The Morgan fingerprint density at radius 2 is 1.89 bits per heavy atom. The fraction of sp³-hybridized carbons (Fsp3) is 0.571. The van der Waals surface area contributed by atoms with E-state index in [1.54, 1.807) is 11.9 Å². The lowest BCUT2D eigenvalue weighted by molar-refractivity contribution is 0.568. The number of hydrogen-bond acceptors (Lipinski definition) is 2. The Kier molecular flexibility index (Phi) is 4.17. The van der Waals surface area contributed by atoms with E-state index in [2.05, 4.69) is 12.2 Å². The van der Waals surface area contributed by atoms with Crippen LogP contribution in [0.1, 0.15) is 31.7 Å². The van der Waals surface area contributed by atoms with Crippen LogP contribution in [0.3, 0.4) is 0 Å². The van der Waals surface area contributed by atoms with Crippen LogP contribution in [0.4, 0.5) is 14.5 Å². The molecule has 2 nitrogen and oxygen atoms in total. The number of benzene rings is 1. The first-order valence-corrected chi connectivity index (χ1v) is 6.55. The molecule has 1 aromatic rings. The van der Waals surface area contributed by atoms with Gasteiger partial charge in [0.25, 0.3) is 0 Å². The van der Waals surface area contributed by atoms with Gasteiger partial charge in [-0.2, -0.15) is 0 Å². The van der Waals surface area contributed by atoms with Crippen LogP contribution >= 0.6 is 0 Å². The Morgan fingerprint density at radius 1 is 1.28 bits per heavy atom. The molecule has 1 aliphatic carbocycles. The standard InChI is InChI=1S/C14H20F2N2/c1-3-6-17-9-10-7-12(15)14(13(16)8-10)18(2)11-4-5-11/h7-8,11,17H,3-6,9H2,1-2H3. The summed E-state index contributed by atoms with van der Waals surface area (Å²) in [6, 6.07) is 3.16. The summed E-state index contributed by atoms with van der Waals surface area (Å²) in [6.45, 7) is 3.42. The van der Waals surface area contributed by atoms with Crippen molar-refractivity contribution in [2.75, 3.05) is 18.5 Å². The molecule has 1 fully saturated rings. The van der Waals surface area contributed by atoms with Gasteiger partial charge in [-0.25, -0.2) is 8.78 Å². The molecule has 100 valence electrons. The molecule has 2 rings (SSSR count). The molecule has 0 amide bonds. The van der Waals surface area contributed by atoms with Crippen molar-refractivity contribution in [3.05, 3.63) is 29.3 Å². The van der Waals surface area contributed by atoms with Gasteiger partial charge < -0.3 is 10.2 Å². The zero-order valence-corrected chi connectivity index (χ0v) is 11.0. The number of halogens is 2. The summed E-state index contributed by atoms with van der Waals surface area (Å²) >= 11 is 0. The van der Waals surface area contributed by atoms with Gasteiger partial charge in [0.1, 0.15) is 17.3 Å². The molecule has 0 aromatic heterocycles. The Balaban J connectivity index is 2.12. The Hall–Kier alpha value is -1.16. The molecule has 1 aliphatic rings. The van der Waals surface area contributed by atoms with Crippen LogP contribution in [0.2, 0.25) is 0 Å². The molecular formula is C14H20F2N2. The van der Waals surface area contributed by atoms with Crippen LogP contribution in [0.25, 0.3) is 0 Å². The second-order valence-electron chi connectivity index (χ2n) is 4.93. The maximum Gasteiger partial charge on any atom is 0.149 e. The first-order valence-electron chi connectivity index (χ1n) is 6.55. The smallest absolute Gasteiger partial charge is 0.149 e. The zero-order chi connectivity index (χ0) is 13.1.